The largest absolute Gasteiger partial charge is 0.618 e. The van der Waals surface area contributed by atoms with Crippen molar-refractivity contribution in [2.75, 3.05) is 14.2 Å². The van der Waals surface area contributed by atoms with Crippen LogP contribution in [0.2, 0.25) is 0 Å². The smallest absolute Gasteiger partial charge is 0.205 e. The highest BCUT2D eigenvalue weighted by Gasteiger charge is 2.23. The minimum Gasteiger partial charge on any atom is -0.618 e. The van der Waals surface area contributed by atoms with E-state index in [0.29, 0.717) is 30.0 Å². The van der Waals surface area contributed by atoms with Gasteiger partial charge in [-0.2, -0.15) is 9.94 Å². The maximum atomic E-state index is 13.1. The van der Waals surface area contributed by atoms with Crippen LogP contribution in [0, 0.1) is 5.21 Å². The summed E-state index contributed by atoms with van der Waals surface area (Å²) in [5.74, 6) is 1.28. The number of imidazole rings is 1. The maximum Gasteiger partial charge on any atom is 0.205 e. The van der Waals surface area contributed by atoms with E-state index in [1.165, 1.54) is 6.20 Å². The summed E-state index contributed by atoms with van der Waals surface area (Å²) < 4.78 is 13.8. The predicted octanol–water partition coefficient (Wildman–Crippen LogP) is 4.71. The minimum absolute atomic E-state index is 0.554. The molecule has 0 aliphatic heterocycles. The molecule has 0 fully saturated rings. The van der Waals surface area contributed by atoms with Crippen LogP contribution in [0.15, 0.2) is 73.2 Å². The van der Waals surface area contributed by atoms with Gasteiger partial charge in [-0.15, -0.1) is 10.2 Å². The normalized spacial score (nSPS) is 11.4. The van der Waals surface area contributed by atoms with E-state index in [9.17, 15) is 5.21 Å². The van der Waals surface area contributed by atoms with Crippen LogP contribution < -0.4 is 4.73 Å². The summed E-state index contributed by atoms with van der Waals surface area (Å²) in [6, 6.07) is 18.3. The van der Waals surface area contributed by atoms with Gasteiger partial charge in [-0.25, -0.2) is 4.98 Å². The molecule has 2 aromatic carbocycles. The van der Waals surface area contributed by atoms with Crippen LogP contribution in [0.4, 0.5) is 0 Å². The number of methoxy groups -OCH3 is 2. The van der Waals surface area contributed by atoms with Crippen molar-refractivity contribution in [2.24, 2.45) is 0 Å². The van der Waals surface area contributed by atoms with E-state index >= 15 is 0 Å². The zero-order chi connectivity index (χ0) is 27.2. The van der Waals surface area contributed by atoms with E-state index in [1.807, 2.05) is 36.5 Å². The topological polar surface area (TPSA) is 118 Å². The molecule has 39 heavy (non-hydrogen) atoms. The molecule has 5 rings (SSSR count). The molecule has 3 heterocycles. The third-order valence-electron chi connectivity index (χ3n) is 6.71. The fraction of sp³-hybridized carbons (Fsp3) is 0.276. The number of aromatic nitrogens is 7. The highest BCUT2D eigenvalue weighted by atomic mass is 16.7. The van der Waals surface area contributed by atoms with Crippen molar-refractivity contribution in [3.63, 3.8) is 0 Å². The summed E-state index contributed by atoms with van der Waals surface area (Å²) in [4.78, 5) is 4.66. The van der Waals surface area contributed by atoms with Gasteiger partial charge in [-0.3, -0.25) is 0 Å². The number of tetrazole rings is 1. The van der Waals surface area contributed by atoms with Crippen molar-refractivity contribution in [3.05, 3.63) is 95.2 Å². The second-order valence-corrected chi connectivity index (χ2v) is 9.22. The number of hydrogen-bond donors (Lipinski definition) is 1. The van der Waals surface area contributed by atoms with Crippen molar-refractivity contribution in [3.8, 4) is 33.9 Å². The van der Waals surface area contributed by atoms with Gasteiger partial charge >= 0.3 is 0 Å². The van der Waals surface area contributed by atoms with Crippen molar-refractivity contribution in [2.45, 2.75) is 39.0 Å². The Bertz CT molecular complexity index is 1510. The Hall–Kier alpha value is -4.41. The van der Waals surface area contributed by atoms with E-state index in [2.05, 4.69) is 61.4 Å². The van der Waals surface area contributed by atoms with E-state index in [-0.39, 0.29) is 0 Å². The first-order chi connectivity index (χ1) is 19.1. The van der Waals surface area contributed by atoms with Gasteiger partial charge in [0.2, 0.25) is 11.5 Å². The van der Waals surface area contributed by atoms with E-state index in [4.69, 9.17) is 9.47 Å². The monoisotopic (exact) mass is 525 g/mol. The van der Waals surface area contributed by atoms with Crippen LogP contribution >= 0.6 is 0 Å². The molecule has 0 aliphatic carbocycles. The molecule has 0 amide bonds. The summed E-state index contributed by atoms with van der Waals surface area (Å²) >= 11 is 0. The molecule has 0 unspecified atom stereocenters. The Kier molecular flexibility index (Phi) is 8.04. The molecule has 0 bridgehead atoms. The fourth-order valence-corrected chi connectivity index (χ4v) is 4.77. The van der Waals surface area contributed by atoms with Crippen LogP contribution in [0.25, 0.3) is 33.9 Å². The van der Waals surface area contributed by atoms with Crippen LogP contribution in [0.1, 0.15) is 42.9 Å². The lowest BCUT2D eigenvalue weighted by molar-refractivity contribution is -0.614. The van der Waals surface area contributed by atoms with Gasteiger partial charge in [0.15, 0.2) is 12.5 Å². The molecule has 0 radical (unpaired) electrons. The zero-order valence-electron chi connectivity index (χ0n) is 22.2. The summed E-state index contributed by atoms with van der Waals surface area (Å²) in [7, 11) is 3.11. The highest BCUT2D eigenvalue weighted by Crippen LogP contribution is 2.31. The van der Waals surface area contributed by atoms with Gasteiger partial charge in [-0.05, 0) is 34.4 Å². The highest BCUT2D eigenvalue weighted by molar-refractivity contribution is 5.80. The van der Waals surface area contributed by atoms with Crippen LogP contribution in [-0.4, -0.2) is 44.4 Å². The standard InChI is InChI=1S/C29H31N7O3/c1-4-5-10-26-25(17-22(19-36(26)37)29(38-2)39-3)28-30-15-16-35(28)18-20-11-13-21(14-12-20)23-8-6-7-9-24(23)27-31-33-34-32-27/h6-9,11-17,19,29H,4-5,10,18H2,1-3H3,(H,31,32,33,34). The number of aromatic amines is 1. The van der Waals surface area contributed by atoms with Crippen molar-refractivity contribution >= 4 is 0 Å². The quantitative estimate of drug-likeness (QED) is 0.151. The number of unbranched alkanes of at least 4 members (excludes halogenated alkanes) is 1. The fourth-order valence-electron chi connectivity index (χ4n) is 4.77. The van der Waals surface area contributed by atoms with Gasteiger partial charge < -0.3 is 19.2 Å². The predicted molar refractivity (Wildman–Crippen MR) is 146 cm³/mol. The zero-order valence-corrected chi connectivity index (χ0v) is 22.2. The molecule has 10 nitrogen and oxygen atoms in total. The number of H-pyrrole nitrogens is 1. The first-order valence-corrected chi connectivity index (χ1v) is 12.9. The Labute approximate surface area is 226 Å². The summed E-state index contributed by atoms with van der Waals surface area (Å²) in [6.45, 7) is 2.71. The molecule has 200 valence electrons. The van der Waals surface area contributed by atoms with Gasteiger partial charge in [0.25, 0.3) is 0 Å². The number of hydrogen-bond acceptors (Lipinski definition) is 7. The molecule has 3 aromatic heterocycles. The van der Waals surface area contributed by atoms with Crippen LogP contribution in [-0.2, 0) is 22.4 Å². The second kappa shape index (κ2) is 12.0. The minimum atomic E-state index is -0.643. The average Bonchev–Trinajstić information content (AvgIpc) is 3.66. The Morgan fingerprint density at radius 1 is 1.03 bits per heavy atom. The molecular formula is C29H31N7O3. The van der Waals surface area contributed by atoms with E-state index in [0.717, 1.165) is 51.2 Å². The summed E-state index contributed by atoms with van der Waals surface area (Å²) in [5.41, 5.74) is 6.20. The molecule has 0 aliphatic rings. The molecule has 0 atom stereocenters. The van der Waals surface area contributed by atoms with Gasteiger partial charge in [-0.1, -0.05) is 61.9 Å². The number of nitrogens with one attached hydrogen (secondary N) is 1. The molecule has 1 N–H and O–H groups in total. The van der Waals surface area contributed by atoms with Gasteiger partial charge in [0, 0.05) is 45.1 Å². The number of rotatable bonds is 11. The van der Waals surface area contributed by atoms with E-state index < -0.39 is 6.29 Å². The molecule has 0 saturated carbocycles. The lowest BCUT2D eigenvalue weighted by atomic mass is 9.98. The lowest BCUT2D eigenvalue weighted by Crippen LogP contribution is -2.34. The number of nitrogens with zero attached hydrogens (tertiary/aromatic N) is 6. The van der Waals surface area contributed by atoms with E-state index in [1.54, 1.807) is 20.4 Å². The number of benzene rings is 2. The van der Waals surface area contributed by atoms with Crippen molar-refractivity contribution in [1.29, 1.82) is 0 Å². The second-order valence-electron chi connectivity index (χ2n) is 9.22. The van der Waals surface area contributed by atoms with Gasteiger partial charge in [0.05, 0.1) is 11.1 Å². The third kappa shape index (κ3) is 5.57. The molecule has 10 heteroatoms. The molecule has 5 aromatic rings. The SMILES string of the molecule is CCCCc1c(-c2nccn2Cc2ccc(-c3ccccc3-c3nn[nH]n3)cc2)cc(C(OC)OC)c[n+]1[O-]. The Balaban J connectivity index is 1.46. The number of pyridine rings is 1. The third-order valence-corrected chi connectivity index (χ3v) is 6.71. The summed E-state index contributed by atoms with van der Waals surface area (Å²) in [6.07, 6.45) is 7.13. The van der Waals surface area contributed by atoms with Crippen molar-refractivity contribution < 1.29 is 14.2 Å². The average molecular weight is 526 g/mol. The Morgan fingerprint density at radius 2 is 1.79 bits per heavy atom. The summed E-state index contributed by atoms with van der Waals surface area (Å²) in [5, 5.41) is 27.6. The molecule has 0 spiro atoms. The molecular weight excluding hydrogens is 494 g/mol. The van der Waals surface area contributed by atoms with Gasteiger partial charge in [0.1, 0.15) is 5.82 Å². The first-order valence-electron chi connectivity index (χ1n) is 12.9. The number of ether oxygens (including phenoxy) is 2. The van der Waals surface area contributed by atoms with Crippen molar-refractivity contribution in [1.82, 2.24) is 30.2 Å². The Morgan fingerprint density at radius 3 is 2.49 bits per heavy atom. The molecule has 0 saturated heterocycles. The van der Waals surface area contributed by atoms with Crippen LogP contribution in [0.3, 0.4) is 0 Å². The lowest BCUT2D eigenvalue weighted by Gasteiger charge is -2.17. The maximum absolute atomic E-state index is 13.1. The first kappa shape index (κ1) is 26.2. The van der Waals surface area contributed by atoms with Crippen LogP contribution in [0.5, 0.6) is 0 Å².